The van der Waals surface area contributed by atoms with E-state index in [1.54, 1.807) is 6.07 Å². The number of amides is 1. The van der Waals surface area contributed by atoms with Gasteiger partial charge in [-0.05, 0) is 36.0 Å². The van der Waals surface area contributed by atoms with Crippen LogP contribution in [0.1, 0.15) is 11.1 Å². The minimum Gasteiger partial charge on any atom is -0.390 e. The Hall–Kier alpha value is -2.77. The predicted molar refractivity (Wildman–Crippen MR) is 71.2 cm³/mol. The Morgan fingerprint density at radius 3 is 2.85 bits per heavy atom. The molecule has 0 aliphatic rings. The summed E-state index contributed by atoms with van der Waals surface area (Å²) in [4.78, 5) is 25.1. The van der Waals surface area contributed by atoms with Gasteiger partial charge >= 0.3 is 5.95 Å². The van der Waals surface area contributed by atoms with Crippen LogP contribution >= 0.6 is 0 Å². The molecule has 1 amide bonds. The maximum Gasteiger partial charge on any atom is 0.490 e. The molecule has 0 bridgehead atoms. The Bertz CT molecular complexity index is 665. The highest BCUT2D eigenvalue weighted by atomic mass is 16.6. The summed E-state index contributed by atoms with van der Waals surface area (Å²) in [6.07, 6.45) is 1.15. The molecular formula is C12H13N5O3. The van der Waals surface area contributed by atoms with Crippen LogP contribution in [0.15, 0.2) is 24.5 Å². The molecule has 0 radical (unpaired) electrons. The number of hydrogen-bond acceptors (Lipinski definition) is 5. The summed E-state index contributed by atoms with van der Waals surface area (Å²) < 4.78 is 1.12. The van der Waals surface area contributed by atoms with E-state index < -0.39 is 10.9 Å². The van der Waals surface area contributed by atoms with Gasteiger partial charge in [-0.2, -0.15) is 4.68 Å². The van der Waals surface area contributed by atoms with Crippen LogP contribution in [0.2, 0.25) is 0 Å². The smallest absolute Gasteiger partial charge is 0.390 e. The number of hydrogen-bond donors (Lipinski definition) is 1. The van der Waals surface area contributed by atoms with Crippen molar-refractivity contribution in [1.29, 1.82) is 0 Å². The second kappa shape index (κ2) is 5.47. The molecule has 8 heteroatoms. The number of rotatable bonds is 4. The van der Waals surface area contributed by atoms with E-state index in [1.165, 1.54) is 0 Å². The van der Waals surface area contributed by atoms with E-state index in [1.807, 2.05) is 26.0 Å². The Kier molecular flexibility index (Phi) is 3.74. The number of nitrogens with zero attached hydrogens (tertiary/aromatic N) is 4. The van der Waals surface area contributed by atoms with Crippen LogP contribution in [0.4, 0.5) is 11.6 Å². The van der Waals surface area contributed by atoms with Crippen LogP contribution < -0.4 is 5.32 Å². The summed E-state index contributed by atoms with van der Waals surface area (Å²) in [7, 11) is 0. The Balaban J connectivity index is 2.05. The number of carbonyl (C=O) groups is 1. The van der Waals surface area contributed by atoms with Crippen molar-refractivity contribution in [2.45, 2.75) is 20.4 Å². The number of benzene rings is 1. The highest BCUT2D eigenvalue weighted by Gasteiger charge is 2.15. The zero-order valence-electron chi connectivity index (χ0n) is 11.0. The summed E-state index contributed by atoms with van der Waals surface area (Å²) in [6.45, 7) is 3.73. The SMILES string of the molecule is Cc1cccc(NC(=O)Cn2cnc([N+](=O)[O-])n2)c1C. The number of aryl methyl sites for hydroxylation is 1. The Morgan fingerprint density at radius 2 is 2.20 bits per heavy atom. The molecule has 0 fully saturated rings. The molecule has 1 heterocycles. The van der Waals surface area contributed by atoms with E-state index in [-0.39, 0.29) is 12.5 Å². The van der Waals surface area contributed by atoms with E-state index >= 15 is 0 Å². The molecular weight excluding hydrogens is 262 g/mol. The van der Waals surface area contributed by atoms with Crippen molar-refractivity contribution in [1.82, 2.24) is 14.8 Å². The maximum absolute atomic E-state index is 11.9. The second-order valence-corrected chi connectivity index (χ2v) is 4.29. The average molecular weight is 275 g/mol. The second-order valence-electron chi connectivity index (χ2n) is 4.29. The fraction of sp³-hybridized carbons (Fsp3) is 0.250. The van der Waals surface area contributed by atoms with E-state index in [0.717, 1.165) is 22.1 Å². The van der Waals surface area contributed by atoms with Crippen LogP contribution in [0, 0.1) is 24.0 Å². The van der Waals surface area contributed by atoms with Gasteiger partial charge in [-0.25, -0.2) is 0 Å². The van der Waals surface area contributed by atoms with Gasteiger partial charge in [-0.3, -0.25) is 4.79 Å². The molecule has 1 N–H and O–H groups in total. The first-order valence-electron chi connectivity index (χ1n) is 5.87. The monoisotopic (exact) mass is 275 g/mol. The molecule has 104 valence electrons. The van der Waals surface area contributed by atoms with Crippen molar-refractivity contribution in [3.05, 3.63) is 45.8 Å². The predicted octanol–water partition coefficient (Wildman–Crippen LogP) is 1.44. The van der Waals surface area contributed by atoms with Gasteiger partial charge in [0.25, 0.3) is 0 Å². The molecule has 0 saturated heterocycles. The molecule has 20 heavy (non-hydrogen) atoms. The van der Waals surface area contributed by atoms with E-state index in [0.29, 0.717) is 5.69 Å². The van der Waals surface area contributed by atoms with Crippen molar-refractivity contribution >= 4 is 17.5 Å². The van der Waals surface area contributed by atoms with Gasteiger partial charge in [0.05, 0.1) is 0 Å². The third-order valence-corrected chi connectivity index (χ3v) is 2.87. The topological polar surface area (TPSA) is 103 Å². The van der Waals surface area contributed by atoms with E-state index in [9.17, 15) is 14.9 Å². The summed E-state index contributed by atoms with van der Waals surface area (Å²) >= 11 is 0. The normalized spacial score (nSPS) is 10.3. The van der Waals surface area contributed by atoms with Crippen LogP contribution in [0.5, 0.6) is 0 Å². The maximum atomic E-state index is 11.9. The van der Waals surface area contributed by atoms with Crippen LogP contribution in [-0.4, -0.2) is 25.6 Å². The van der Waals surface area contributed by atoms with E-state index in [4.69, 9.17) is 0 Å². The standard InChI is InChI=1S/C12H13N5O3/c1-8-4-3-5-10(9(8)2)14-11(18)6-16-7-13-12(15-16)17(19)20/h3-5,7H,6H2,1-2H3,(H,14,18). The first-order chi connectivity index (χ1) is 9.47. The summed E-state index contributed by atoms with van der Waals surface area (Å²) in [5.41, 5.74) is 2.76. The number of nitrogens with one attached hydrogen (secondary N) is 1. The molecule has 0 unspecified atom stereocenters. The highest BCUT2D eigenvalue weighted by Crippen LogP contribution is 2.17. The van der Waals surface area contributed by atoms with Gasteiger partial charge in [0.15, 0.2) is 0 Å². The summed E-state index contributed by atoms with van der Waals surface area (Å²) in [5, 5.41) is 16.8. The fourth-order valence-electron chi connectivity index (χ4n) is 1.67. The highest BCUT2D eigenvalue weighted by molar-refractivity contribution is 5.91. The summed E-state index contributed by atoms with van der Waals surface area (Å²) in [6, 6.07) is 5.59. The zero-order valence-corrected chi connectivity index (χ0v) is 11.0. The molecule has 8 nitrogen and oxygen atoms in total. The fourth-order valence-corrected chi connectivity index (χ4v) is 1.67. The lowest BCUT2D eigenvalue weighted by molar-refractivity contribution is -0.394. The average Bonchev–Trinajstić information content (AvgIpc) is 2.83. The molecule has 1 aromatic carbocycles. The lowest BCUT2D eigenvalue weighted by atomic mass is 10.1. The molecule has 0 aliphatic carbocycles. The van der Waals surface area contributed by atoms with Gasteiger partial charge in [-0.1, -0.05) is 17.1 Å². The number of carbonyl (C=O) groups excluding carboxylic acids is 1. The molecule has 0 saturated carbocycles. The lowest BCUT2D eigenvalue weighted by Crippen LogP contribution is -2.19. The molecule has 0 aliphatic heterocycles. The minimum absolute atomic E-state index is 0.131. The molecule has 2 aromatic rings. The van der Waals surface area contributed by atoms with E-state index in [2.05, 4.69) is 15.4 Å². The lowest BCUT2D eigenvalue weighted by Gasteiger charge is -2.09. The molecule has 2 rings (SSSR count). The molecule has 0 spiro atoms. The number of nitro groups is 1. The minimum atomic E-state index is -0.709. The van der Waals surface area contributed by atoms with Gasteiger partial charge in [0, 0.05) is 10.8 Å². The van der Waals surface area contributed by atoms with Crippen molar-refractivity contribution in [2.24, 2.45) is 0 Å². The molecule has 0 atom stereocenters. The van der Waals surface area contributed by atoms with Crippen LogP contribution in [0.25, 0.3) is 0 Å². The van der Waals surface area contributed by atoms with Crippen molar-refractivity contribution < 1.29 is 9.72 Å². The Labute approximate surface area is 114 Å². The first-order valence-corrected chi connectivity index (χ1v) is 5.87. The largest absolute Gasteiger partial charge is 0.490 e. The van der Waals surface area contributed by atoms with Gasteiger partial charge in [0.2, 0.25) is 12.2 Å². The van der Waals surface area contributed by atoms with Crippen molar-refractivity contribution in [3.8, 4) is 0 Å². The third-order valence-electron chi connectivity index (χ3n) is 2.87. The first kappa shape index (κ1) is 13.7. The Morgan fingerprint density at radius 1 is 1.45 bits per heavy atom. The van der Waals surface area contributed by atoms with Crippen molar-refractivity contribution in [3.63, 3.8) is 0 Å². The van der Waals surface area contributed by atoms with Crippen LogP contribution in [0.3, 0.4) is 0 Å². The van der Waals surface area contributed by atoms with Gasteiger partial charge in [-0.15, -0.1) is 0 Å². The van der Waals surface area contributed by atoms with Gasteiger partial charge < -0.3 is 15.4 Å². The number of aromatic nitrogens is 3. The summed E-state index contributed by atoms with van der Waals surface area (Å²) in [5.74, 6) is -0.844. The van der Waals surface area contributed by atoms with Crippen LogP contribution in [-0.2, 0) is 11.3 Å². The van der Waals surface area contributed by atoms with Gasteiger partial charge in [0.1, 0.15) is 6.54 Å². The zero-order chi connectivity index (χ0) is 14.7. The number of anilines is 1. The van der Waals surface area contributed by atoms with Crippen molar-refractivity contribution in [2.75, 3.05) is 5.32 Å². The molecule has 1 aromatic heterocycles. The third kappa shape index (κ3) is 2.97. The quantitative estimate of drug-likeness (QED) is 0.671.